The third-order valence-corrected chi connectivity index (χ3v) is 6.13. The summed E-state index contributed by atoms with van der Waals surface area (Å²) in [6, 6.07) is 20.0. The van der Waals surface area contributed by atoms with Crippen molar-refractivity contribution in [2.45, 2.75) is 25.7 Å². The molecule has 0 unspecified atom stereocenters. The van der Waals surface area contributed by atoms with Gasteiger partial charge in [0.2, 0.25) is 11.8 Å². The van der Waals surface area contributed by atoms with Crippen molar-refractivity contribution in [1.82, 2.24) is 20.2 Å². The van der Waals surface area contributed by atoms with Crippen LogP contribution in [0.25, 0.3) is 11.4 Å². The van der Waals surface area contributed by atoms with Crippen LogP contribution in [-0.4, -0.2) is 59.4 Å². The van der Waals surface area contributed by atoms with Crippen molar-refractivity contribution in [2.24, 2.45) is 0 Å². The van der Waals surface area contributed by atoms with Crippen LogP contribution in [0.2, 0.25) is 0 Å². The molecular formula is C27H32N6O2. The van der Waals surface area contributed by atoms with Gasteiger partial charge in [0.1, 0.15) is 5.82 Å². The zero-order chi connectivity index (χ0) is 24.5. The van der Waals surface area contributed by atoms with E-state index in [1.165, 1.54) is 12.5 Å². The SMILES string of the molecule is CC(=O)NCCNc1ccccc1-c1nccc(NC(=O)CN2CCC(c3ccccc3)CC2)n1. The van der Waals surface area contributed by atoms with E-state index < -0.39 is 0 Å². The number of piperidine rings is 1. The lowest BCUT2D eigenvalue weighted by atomic mass is 9.89. The highest BCUT2D eigenvalue weighted by atomic mass is 16.2. The topological polar surface area (TPSA) is 99.2 Å². The Morgan fingerprint density at radius 3 is 2.49 bits per heavy atom. The number of nitrogens with zero attached hydrogens (tertiary/aromatic N) is 3. The summed E-state index contributed by atoms with van der Waals surface area (Å²) in [5, 5.41) is 9.00. The quantitative estimate of drug-likeness (QED) is 0.412. The van der Waals surface area contributed by atoms with Gasteiger partial charge >= 0.3 is 0 Å². The number of carbonyl (C=O) groups excluding carboxylic acids is 2. The molecule has 4 rings (SSSR count). The van der Waals surface area contributed by atoms with E-state index in [0.717, 1.165) is 37.2 Å². The van der Waals surface area contributed by atoms with Gasteiger partial charge in [-0.3, -0.25) is 14.5 Å². The molecule has 0 atom stereocenters. The van der Waals surface area contributed by atoms with Crippen molar-refractivity contribution in [2.75, 3.05) is 43.4 Å². The lowest BCUT2D eigenvalue weighted by Crippen LogP contribution is -2.38. The molecule has 0 aliphatic carbocycles. The van der Waals surface area contributed by atoms with Crippen LogP contribution in [0.3, 0.4) is 0 Å². The Labute approximate surface area is 206 Å². The zero-order valence-electron chi connectivity index (χ0n) is 20.0. The van der Waals surface area contributed by atoms with E-state index >= 15 is 0 Å². The molecule has 3 aromatic rings. The Bertz CT molecular complexity index is 1130. The zero-order valence-corrected chi connectivity index (χ0v) is 20.0. The summed E-state index contributed by atoms with van der Waals surface area (Å²) in [5.74, 6) is 1.43. The molecule has 1 aliphatic heterocycles. The molecule has 2 aromatic carbocycles. The monoisotopic (exact) mass is 472 g/mol. The number of hydrogen-bond acceptors (Lipinski definition) is 6. The van der Waals surface area contributed by atoms with Crippen molar-refractivity contribution in [3.8, 4) is 11.4 Å². The molecule has 0 bridgehead atoms. The average molecular weight is 473 g/mol. The second kappa shape index (κ2) is 12.1. The van der Waals surface area contributed by atoms with E-state index in [1.807, 2.05) is 30.3 Å². The largest absolute Gasteiger partial charge is 0.383 e. The number of aromatic nitrogens is 2. The summed E-state index contributed by atoms with van der Waals surface area (Å²) in [7, 11) is 0. The van der Waals surface area contributed by atoms with Gasteiger partial charge in [-0.1, -0.05) is 42.5 Å². The summed E-state index contributed by atoms with van der Waals surface area (Å²) in [4.78, 5) is 35.0. The molecule has 1 aromatic heterocycles. The maximum Gasteiger partial charge on any atom is 0.239 e. The van der Waals surface area contributed by atoms with Crippen molar-refractivity contribution in [1.29, 1.82) is 0 Å². The Morgan fingerprint density at radius 2 is 1.71 bits per heavy atom. The second-order valence-corrected chi connectivity index (χ2v) is 8.73. The Balaban J connectivity index is 1.32. The molecular weight excluding hydrogens is 440 g/mol. The maximum atomic E-state index is 12.7. The summed E-state index contributed by atoms with van der Waals surface area (Å²) in [6.07, 6.45) is 3.76. The average Bonchev–Trinajstić information content (AvgIpc) is 2.88. The Hall–Kier alpha value is -3.78. The summed E-state index contributed by atoms with van der Waals surface area (Å²) >= 11 is 0. The van der Waals surface area contributed by atoms with Crippen LogP contribution < -0.4 is 16.0 Å². The lowest BCUT2D eigenvalue weighted by Gasteiger charge is -2.31. The Morgan fingerprint density at radius 1 is 0.971 bits per heavy atom. The fraction of sp³-hybridized carbons (Fsp3) is 0.333. The van der Waals surface area contributed by atoms with Crippen molar-refractivity contribution in [3.63, 3.8) is 0 Å². The van der Waals surface area contributed by atoms with Crippen LogP contribution >= 0.6 is 0 Å². The predicted octanol–water partition coefficient (Wildman–Crippen LogP) is 3.51. The predicted molar refractivity (Wildman–Crippen MR) is 138 cm³/mol. The van der Waals surface area contributed by atoms with Gasteiger partial charge in [0.05, 0.1) is 6.54 Å². The summed E-state index contributed by atoms with van der Waals surface area (Å²) in [6.45, 7) is 4.74. The van der Waals surface area contributed by atoms with Crippen LogP contribution in [0.4, 0.5) is 11.5 Å². The second-order valence-electron chi connectivity index (χ2n) is 8.73. The van der Waals surface area contributed by atoms with Gasteiger partial charge in [-0.05, 0) is 55.6 Å². The van der Waals surface area contributed by atoms with Gasteiger partial charge in [-0.2, -0.15) is 0 Å². The van der Waals surface area contributed by atoms with Crippen LogP contribution in [0.5, 0.6) is 0 Å². The van der Waals surface area contributed by atoms with Crippen molar-refractivity contribution >= 4 is 23.3 Å². The molecule has 2 amide bonds. The molecule has 2 heterocycles. The molecule has 0 saturated carbocycles. The first-order chi connectivity index (χ1) is 17.1. The molecule has 0 radical (unpaired) electrons. The highest BCUT2D eigenvalue weighted by Crippen LogP contribution is 2.28. The Kier molecular flexibility index (Phi) is 8.40. The first-order valence-corrected chi connectivity index (χ1v) is 12.1. The molecule has 0 spiro atoms. The number of carbonyl (C=O) groups is 2. The molecule has 1 saturated heterocycles. The number of anilines is 2. The standard InChI is InChI=1S/C27H32N6O2/c1-20(34)28-15-16-29-24-10-6-5-9-23(24)27-30-14-11-25(32-27)31-26(35)19-33-17-12-22(13-18-33)21-7-3-2-4-8-21/h2-11,14,22,29H,12-13,15-19H2,1H3,(H,28,34)(H,30,31,32,35). The van der Waals surface area contributed by atoms with E-state index in [2.05, 4.69) is 55.1 Å². The van der Waals surface area contributed by atoms with Crippen molar-refractivity contribution in [3.05, 3.63) is 72.4 Å². The number of amides is 2. The normalized spacial score (nSPS) is 14.3. The third-order valence-electron chi connectivity index (χ3n) is 6.13. The fourth-order valence-corrected chi connectivity index (χ4v) is 4.36. The summed E-state index contributed by atoms with van der Waals surface area (Å²) in [5.41, 5.74) is 3.08. The fourth-order valence-electron chi connectivity index (χ4n) is 4.36. The van der Waals surface area contributed by atoms with Gasteiger partial charge in [-0.15, -0.1) is 0 Å². The van der Waals surface area contributed by atoms with Gasteiger partial charge in [-0.25, -0.2) is 9.97 Å². The number of para-hydroxylation sites is 1. The van der Waals surface area contributed by atoms with Crippen LogP contribution in [0.1, 0.15) is 31.2 Å². The lowest BCUT2D eigenvalue weighted by molar-refractivity contribution is -0.119. The van der Waals surface area contributed by atoms with Gasteiger partial charge in [0.25, 0.3) is 0 Å². The van der Waals surface area contributed by atoms with E-state index in [1.54, 1.807) is 12.3 Å². The van der Waals surface area contributed by atoms with E-state index in [4.69, 9.17) is 0 Å². The third kappa shape index (κ3) is 7.10. The minimum Gasteiger partial charge on any atom is -0.383 e. The van der Waals surface area contributed by atoms with Crippen molar-refractivity contribution < 1.29 is 9.59 Å². The van der Waals surface area contributed by atoms with Crippen LogP contribution in [0.15, 0.2) is 66.9 Å². The van der Waals surface area contributed by atoms with E-state index in [9.17, 15) is 9.59 Å². The van der Waals surface area contributed by atoms with Crippen LogP contribution in [0, 0.1) is 0 Å². The minimum absolute atomic E-state index is 0.0626. The van der Waals surface area contributed by atoms with E-state index in [-0.39, 0.29) is 11.8 Å². The van der Waals surface area contributed by atoms with Gasteiger partial charge in [0, 0.05) is 37.5 Å². The smallest absolute Gasteiger partial charge is 0.239 e. The van der Waals surface area contributed by atoms with Gasteiger partial charge < -0.3 is 16.0 Å². The maximum absolute atomic E-state index is 12.7. The molecule has 182 valence electrons. The highest BCUT2D eigenvalue weighted by Gasteiger charge is 2.22. The van der Waals surface area contributed by atoms with Crippen LogP contribution in [-0.2, 0) is 9.59 Å². The highest BCUT2D eigenvalue weighted by molar-refractivity contribution is 5.91. The number of rotatable bonds is 9. The van der Waals surface area contributed by atoms with E-state index in [0.29, 0.717) is 37.2 Å². The number of benzene rings is 2. The molecule has 8 heteroatoms. The minimum atomic E-state index is -0.0745. The first kappa shape index (κ1) is 24.3. The molecule has 1 aliphatic rings. The summed E-state index contributed by atoms with van der Waals surface area (Å²) < 4.78 is 0. The number of likely N-dealkylation sites (tertiary alicyclic amines) is 1. The first-order valence-electron chi connectivity index (χ1n) is 12.1. The molecule has 3 N–H and O–H groups in total. The molecule has 35 heavy (non-hydrogen) atoms. The molecule has 8 nitrogen and oxygen atoms in total. The van der Waals surface area contributed by atoms with Gasteiger partial charge in [0.15, 0.2) is 5.82 Å². The number of hydrogen-bond donors (Lipinski definition) is 3. The number of nitrogens with one attached hydrogen (secondary N) is 3. The molecule has 1 fully saturated rings.